The molecule has 4 heteroatoms. The Morgan fingerprint density at radius 1 is 1.24 bits per heavy atom. The lowest BCUT2D eigenvalue weighted by atomic mass is 10.0. The minimum Gasteiger partial charge on any atom is -0.305 e. The summed E-state index contributed by atoms with van der Waals surface area (Å²) in [6, 6.07) is 8.51. The fraction of sp³-hybridized carbons (Fsp3) is 0.471. The Morgan fingerprint density at radius 2 is 2.05 bits per heavy atom. The molecule has 1 atom stereocenters. The van der Waals surface area contributed by atoms with Gasteiger partial charge in [0, 0.05) is 17.8 Å². The normalized spacial score (nSPS) is 12.6. The van der Waals surface area contributed by atoms with Crippen LogP contribution in [0.15, 0.2) is 30.5 Å². The van der Waals surface area contributed by atoms with E-state index >= 15 is 0 Å². The first-order chi connectivity index (χ1) is 10.2. The minimum atomic E-state index is 0.162. The molecule has 0 saturated carbocycles. The first-order valence-electron chi connectivity index (χ1n) is 7.68. The molecule has 21 heavy (non-hydrogen) atoms. The van der Waals surface area contributed by atoms with E-state index in [1.54, 1.807) is 0 Å². The molecule has 0 aliphatic carbocycles. The van der Waals surface area contributed by atoms with Gasteiger partial charge in [0.05, 0.1) is 11.7 Å². The van der Waals surface area contributed by atoms with Gasteiger partial charge < -0.3 is 5.32 Å². The van der Waals surface area contributed by atoms with Gasteiger partial charge >= 0.3 is 0 Å². The SMILES string of the molecule is CCCNC(c1ccc(Cl)c(C)c1)c1ccnn1CCC. The monoisotopic (exact) mass is 305 g/mol. The fourth-order valence-electron chi connectivity index (χ4n) is 2.52. The van der Waals surface area contributed by atoms with Gasteiger partial charge in [-0.15, -0.1) is 0 Å². The highest BCUT2D eigenvalue weighted by atomic mass is 35.5. The summed E-state index contributed by atoms with van der Waals surface area (Å²) in [5.74, 6) is 0. The van der Waals surface area contributed by atoms with Crippen molar-refractivity contribution in [2.24, 2.45) is 0 Å². The van der Waals surface area contributed by atoms with Crippen molar-refractivity contribution in [3.63, 3.8) is 0 Å². The number of aryl methyl sites for hydroxylation is 2. The van der Waals surface area contributed by atoms with Crippen molar-refractivity contribution in [1.82, 2.24) is 15.1 Å². The van der Waals surface area contributed by atoms with Crippen molar-refractivity contribution in [3.05, 3.63) is 52.3 Å². The molecule has 0 aliphatic rings. The summed E-state index contributed by atoms with van der Waals surface area (Å²) in [4.78, 5) is 0. The van der Waals surface area contributed by atoms with Gasteiger partial charge in [-0.3, -0.25) is 4.68 Å². The van der Waals surface area contributed by atoms with Crippen LogP contribution < -0.4 is 5.32 Å². The fourth-order valence-corrected chi connectivity index (χ4v) is 2.63. The van der Waals surface area contributed by atoms with E-state index in [2.05, 4.69) is 47.1 Å². The summed E-state index contributed by atoms with van der Waals surface area (Å²) in [6.45, 7) is 8.32. The Labute approximate surface area is 132 Å². The molecule has 1 heterocycles. The quantitative estimate of drug-likeness (QED) is 0.824. The molecule has 1 aromatic carbocycles. The van der Waals surface area contributed by atoms with E-state index in [4.69, 9.17) is 11.6 Å². The van der Waals surface area contributed by atoms with Crippen molar-refractivity contribution in [1.29, 1.82) is 0 Å². The van der Waals surface area contributed by atoms with Gasteiger partial charge in [-0.1, -0.05) is 37.6 Å². The van der Waals surface area contributed by atoms with E-state index in [0.29, 0.717) is 0 Å². The highest BCUT2D eigenvalue weighted by molar-refractivity contribution is 6.31. The molecule has 0 spiro atoms. The predicted molar refractivity (Wildman–Crippen MR) is 88.8 cm³/mol. The van der Waals surface area contributed by atoms with Crippen molar-refractivity contribution < 1.29 is 0 Å². The third-order valence-corrected chi connectivity index (χ3v) is 4.02. The molecule has 114 valence electrons. The molecule has 2 aromatic rings. The van der Waals surface area contributed by atoms with Gasteiger partial charge in [-0.25, -0.2) is 0 Å². The molecule has 2 rings (SSSR count). The number of nitrogens with zero attached hydrogens (tertiary/aromatic N) is 2. The molecule has 0 saturated heterocycles. The van der Waals surface area contributed by atoms with Gasteiger partial charge in [-0.05, 0) is 49.6 Å². The maximum Gasteiger partial charge on any atom is 0.0748 e. The van der Waals surface area contributed by atoms with Crippen LogP contribution in [-0.2, 0) is 6.54 Å². The first-order valence-corrected chi connectivity index (χ1v) is 8.06. The number of aromatic nitrogens is 2. The number of hydrogen-bond acceptors (Lipinski definition) is 2. The smallest absolute Gasteiger partial charge is 0.0748 e. The summed E-state index contributed by atoms with van der Waals surface area (Å²) < 4.78 is 2.09. The van der Waals surface area contributed by atoms with Crippen LogP contribution in [0.4, 0.5) is 0 Å². The van der Waals surface area contributed by atoms with Crippen molar-refractivity contribution in [2.75, 3.05) is 6.54 Å². The molecular weight excluding hydrogens is 282 g/mol. The average molecular weight is 306 g/mol. The van der Waals surface area contributed by atoms with Crippen LogP contribution in [0.3, 0.4) is 0 Å². The molecule has 0 aliphatic heterocycles. The number of benzene rings is 1. The molecule has 1 aromatic heterocycles. The maximum atomic E-state index is 6.16. The average Bonchev–Trinajstić information content (AvgIpc) is 2.92. The summed E-state index contributed by atoms with van der Waals surface area (Å²) in [6.07, 6.45) is 4.06. The van der Waals surface area contributed by atoms with Gasteiger partial charge in [0.25, 0.3) is 0 Å². The number of hydrogen-bond donors (Lipinski definition) is 1. The number of rotatable bonds is 7. The highest BCUT2D eigenvalue weighted by Gasteiger charge is 2.18. The zero-order valence-corrected chi connectivity index (χ0v) is 13.8. The summed E-state index contributed by atoms with van der Waals surface area (Å²) in [5.41, 5.74) is 3.56. The largest absolute Gasteiger partial charge is 0.305 e. The highest BCUT2D eigenvalue weighted by Crippen LogP contribution is 2.26. The summed E-state index contributed by atoms with van der Waals surface area (Å²) >= 11 is 6.16. The van der Waals surface area contributed by atoms with Gasteiger partial charge in [0.2, 0.25) is 0 Å². The van der Waals surface area contributed by atoms with Crippen LogP contribution in [0.25, 0.3) is 0 Å². The molecule has 0 radical (unpaired) electrons. The van der Waals surface area contributed by atoms with Crippen molar-refractivity contribution in [3.8, 4) is 0 Å². The lowest BCUT2D eigenvalue weighted by Crippen LogP contribution is -2.26. The standard InChI is InChI=1S/C17H24ClN3/c1-4-9-19-17(14-6-7-15(18)13(3)12-14)16-8-10-20-21(16)11-5-2/h6-8,10,12,17,19H,4-5,9,11H2,1-3H3. The molecule has 1 unspecified atom stereocenters. The van der Waals surface area contributed by atoms with Gasteiger partial charge in [-0.2, -0.15) is 5.10 Å². The minimum absolute atomic E-state index is 0.162. The van der Waals surface area contributed by atoms with Crippen LogP contribution in [0.1, 0.15) is 49.6 Å². The predicted octanol–water partition coefficient (Wildman–Crippen LogP) is 4.34. The number of nitrogens with one attached hydrogen (secondary N) is 1. The zero-order chi connectivity index (χ0) is 15.2. The van der Waals surface area contributed by atoms with Crippen LogP contribution >= 0.6 is 11.6 Å². The first kappa shape index (κ1) is 16.1. The molecule has 1 N–H and O–H groups in total. The second kappa shape index (κ2) is 7.62. The van der Waals surface area contributed by atoms with E-state index in [0.717, 1.165) is 36.5 Å². The van der Waals surface area contributed by atoms with Crippen LogP contribution in [0, 0.1) is 6.92 Å². The molecule has 0 fully saturated rings. The summed E-state index contributed by atoms with van der Waals surface area (Å²) in [7, 11) is 0. The van der Waals surface area contributed by atoms with E-state index in [1.807, 2.05) is 19.2 Å². The lowest BCUT2D eigenvalue weighted by molar-refractivity contribution is 0.511. The second-order valence-corrected chi connectivity index (χ2v) is 5.78. The Balaban J connectivity index is 2.37. The maximum absolute atomic E-state index is 6.16. The Hall–Kier alpha value is -1.32. The van der Waals surface area contributed by atoms with E-state index in [1.165, 1.54) is 11.3 Å². The molecule has 0 bridgehead atoms. The van der Waals surface area contributed by atoms with Crippen molar-refractivity contribution >= 4 is 11.6 Å². The van der Waals surface area contributed by atoms with E-state index in [-0.39, 0.29) is 6.04 Å². The lowest BCUT2D eigenvalue weighted by Gasteiger charge is -2.21. The summed E-state index contributed by atoms with van der Waals surface area (Å²) in [5, 5.41) is 8.90. The Kier molecular flexibility index (Phi) is 5.83. The molecular formula is C17H24ClN3. The van der Waals surface area contributed by atoms with Crippen molar-refractivity contribution in [2.45, 2.75) is 46.2 Å². The zero-order valence-electron chi connectivity index (χ0n) is 13.1. The van der Waals surface area contributed by atoms with Crippen LogP contribution in [0.5, 0.6) is 0 Å². The van der Waals surface area contributed by atoms with Gasteiger partial charge in [0.1, 0.15) is 0 Å². The van der Waals surface area contributed by atoms with E-state index in [9.17, 15) is 0 Å². The van der Waals surface area contributed by atoms with E-state index < -0.39 is 0 Å². The number of halogens is 1. The molecule has 3 nitrogen and oxygen atoms in total. The van der Waals surface area contributed by atoms with Crippen LogP contribution in [0.2, 0.25) is 5.02 Å². The van der Waals surface area contributed by atoms with Gasteiger partial charge in [0.15, 0.2) is 0 Å². The van der Waals surface area contributed by atoms with Crippen LogP contribution in [-0.4, -0.2) is 16.3 Å². The molecule has 0 amide bonds. The third-order valence-electron chi connectivity index (χ3n) is 3.59. The second-order valence-electron chi connectivity index (χ2n) is 5.37. The Bertz CT molecular complexity index is 577. The topological polar surface area (TPSA) is 29.9 Å². The Morgan fingerprint density at radius 3 is 2.71 bits per heavy atom. The third kappa shape index (κ3) is 3.86.